The minimum Gasteiger partial charge on any atom is -0.324 e. The Morgan fingerprint density at radius 2 is 1.56 bits per heavy atom. The van der Waals surface area contributed by atoms with Crippen LogP contribution in [0, 0.1) is 13.8 Å². The summed E-state index contributed by atoms with van der Waals surface area (Å²) in [5, 5.41) is 3.22. The number of carbonyl (C=O) groups is 2. The number of benzene rings is 3. The predicted octanol–water partition coefficient (Wildman–Crippen LogP) is 4.99. The Labute approximate surface area is 192 Å². The number of hydrogen-bond acceptors (Lipinski definition) is 4. The van der Waals surface area contributed by atoms with Crippen LogP contribution in [0.15, 0.2) is 71.6 Å². The van der Waals surface area contributed by atoms with E-state index in [1.54, 1.807) is 37.3 Å². The first-order chi connectivity index (χ1) is 15.1. The smallest absolute Gasteiger partial charge is 0.264 e. The maximum atomic E-state index is 13.4. The monoisotopic (exact) mass is 470 g/mol. The Kier molecular flexibility index (Phi) is 7.01. The molecular weight excluding hydrogens is 448 g/mol. The second-order valence-corrected chi connectivity index (χ2v) is 9.66. The number of aryl methyl sites for hydroxylation is 1. The molecule has 166 valence electrons. The van der Waals surface area contributed by atoms with Gasteiger partial charge < -0.3 is 5.32 Å². The highest BCUT2D eigenvalue weighted by Crippen LogP contribution is 2.26. The van der Waals surface area contributed by atoms with Gasteiger partial charge in [-0.1, -0.05) is 35.4 Å². The molecule has 0 saturated heterocycles. The van der Waals surface area contributed by atoms with Gasteiger partial charge in [-0.05, 0) is 74.9 Å². The van der Waals surface area contributed by atoms with Crippen LogP contribution in [-0.2, 0) is 14.8 Å². The van der Waals surface area contributed by atoms with Gasteiger partial charge in [0.1, 0.15) is 6.54 Å². The topological polar surface area (TPSA) is 83.6 Å². The molecule has 1 N–H and O–H groups in total. The summed E-state index contributed by atoms with van der Waals surface area (Å²) in [7, 11) is -4.05. The summed E-state index contributed by atoms with van der Waals surface area (Å²) in [6.07, 6.45) is 0. The Hall–Kier alpha value is -3.16. The Morgan fingerprint density at radius 3 is 2.16 bits per heavy atom. The largest absolute Gasteiger partial charge is 0.324 e. The van der Waals surface area contributed by atoms with Crippen molar-refractivity contribution in [3.05, 3.63) is 88.4 Å². The van der Waals surface area contributed by atoms with Crippen LogP contribution in [0.4, 0.5) is 11.4 Å². The molecule has 6 nitrogen and oxygen atoms in total. The van der Waals surface area contributed by atoms with Crippen LogP contribution < -0.4 is 9.62 Å². The number of anilines is 2. The molecule has 0 bridgehead atoms. The number of nitrogens with zero attached hydrogens (tertiary/aromatic N) is 1. The van der Waals surface area contributed by atoms with Crippen LogP contribution in [0.25, 0.3) is 0 Å². The fourth-order valence-electron chi connectivity index (χ4n) is 3.08. The van der Waals surface area contributed by atoms with Crippen molar-refractivity contribution < 1.29 is 18.0 Å². The van der Waals surface area contributed by atoms with E-state index in [1.165, 1.54) is 43.3 Å². The Balaban J connectivity index is 1.98. The normalized spacial score (nSPS) is 11.1. The molecule has 32 heavy (non-hydrogen) atoms. The van der Waals surface area contributed by atoms with Crippen molar-refractivity contribution in [2.45, 2.75) is 25.7 Å². The van der Waals surface area contributed by atoms with E-state index in [4.69, 9.17) is 11.6 Å². The van der Waals surface area contributed by atoms with E-state index in [9.17, 15) is 18.0 Å². The Morgan fingerprint density at radius 1 is 0.938 bits per heavy atom. The molecule has 3 aromatic carbocycles. The summed E-state index contributed by atoms with van der Waals surface area (Å²) in [4.78, 5) is 24.5. The van der Waals surface area contributed by atoms with Gasteiger partial charge in [0.15, 0.2) is 5.78 Å². The molecule has 0 atom stereocenters. The van der Waals surface area contributed by atoms with Gasteiger partial charge in [-0.15, -0.1) is 0 Å². The van der Waals surface area contributed by atoms with E-state index in [1.807, 2.05) is 6.92 Å². The molecule has 3 aromatic rings. The highest BCUT2D eigenvalue weighted by atomic mass is 35.5. The van der Waals surface area contributed by atoms with Crippen LogP contribution in [0.3, 0.4) is 0 Å². The van der Waals surface area contributed by atoms with Gasteiger partial charge in [-0.25, -0.2) is 8.42 Å². The van der Waals surface area contributed by atoms with Crippen LogP contribution >= 0.6 is 11.6 Å². The summed E-state index contributed by atoms with van der Waals surface area (Å²) >= 11 is 6.12. The fraction of sp³-hybridized carbons (Fsp3) is 0.167. The highest BCUT2D eigenvalue weighted by molar-refractivity contribution is 7.92. The van der Waals surface area contributed by atoms with Crippen molar-refractivity contribution in [1.29, 1.82) is 0 Å². The molecule has 3 rings (SSSR count). The quantitative estimate of drug-likeness (QED) is 0.493. The molecule has 0 heterocycles. The molecule has 8 heteroatoms. The molecular formula is C24H23ClN2O4S. The van der Waals surface area contributed by atoms with Gasteiger partial charge in [-0.2, -0.15) is 0 Å². The second kappa shape index (κ2) is 9.54. The second-order valence-electron chi connectivity index (χ2n) is 7.39. The van der Waals surface area contributed by atoms with Gasteiger partial charge in [-0.3, -0.25) is 13.9 Å². The maximum absolute atomic E-state index is 13.4. The van der Waals surface area contributed by atoms with E-state index in [-0.39, 0.29) is 16.4 Å². The average molecular weight is 471 g/mol. The molecule has 0 saturated carbocycles. The molecule has 0 aliphatic rings. The molecule has 0 aromatic heterocycles. The number of rotatable bonds is 7. The minimum atomic E-state index is -4.05. The molecule has 0 unspecified atom stereocenters. The Bertz CT molecular complexity index is 1250. The summed E-state index contributed by atoms with van der Waals surface area (Å²) < 4.78 is 27.9. The first-order valence-corrected chi connectivity index (χ1v) is 11.7. The summed E-state index contributed by atoms with van der Waals surface area (Å²) in [5.74, 6) is -0.666. The number of halogens is 1. The van der Waals surface area contributed by atoms with E-state index >= 15 is 0 Å². The van der Waals surface area contributed by atoms with Crippen molar-refractivity contribution in [2.24, 2.45) is 0 Å². The van der Waals surface area contributed by atoms with Crippen LogP contribution in [-0.4, -0.2) is 26.7 Å². The predicted molar refractivity (Wildman–Crippen MR) is 127 cm³/mol. The molecule has 0 aliphatic carbocycles. The first-order valence-electron chi connectivity index (χ1n) is 9.85. The maximum Gasteiger partial charge on any atom is 0.264 e. The number of Topliss-reactive ketones (excluding diaryl/α,β-unsaturated/α-hetero) is 1. The van der Waals surface area contributed by atoms with Crippen molar-refractivity contribution in [2.75, 3.05) is 16.2 Å². The number of amides is 1. The number of sulfonamides is 1. The third-order valence-electron chi connectivity index (χ3n) is 5.00. The number of nitrogens with one attached hydrogen (secondary N) is 1. The van der Waals surface area contributed by atoms with Crippen LogP contribution in [0.1, 0.15) is 28.4 Å². The molecule has 0 aliphatic heterocycles. The van der Waals surface area contributed by atoms with E-state index in [0.717, 1.165) is 9.87 Å². The van der Waals surface area contributed by atoms with Crippen molar-refractivity contribution in [3.63, 3.8) is 0 Å². The molecule has 0 radical (unpaired) electrons. The van der Waals surface area contributed by atoms with Crippen molar-refractivity contribution in [3.8, 4) is 0 Å². The van der Waals surface area contributed by atoms with Crippen molar-refractivity contribution >= 4 is 44.7 Å². The van der Waals surface area contributed by atoms with E-state index in [0.29, 0.717) is 21.8 Å². The summed E-state index contributed by atoms with van der Waals surface area (Å²) in [5.41, 5.74) is 2.81. The van der Waals surface area contributed by atoms with Crippen LogP contribution in [0.5, 0.6) is 0 Å². The van der Waals surface area contributed by atoms with Gasteiger partial charge >= 0.3 is 0 Å². The molecule has 1 amide bonds. The standard InChI is InChI=1S/C24H23ClN2O4S/c1-16-7-13-21(14-8-16)32(30,31)27(20-11-9-19(10-12-20)18(3)28)15-24(29)26-23-6-4-5-22(25)17(23)2/h4-14H,15H2,1-3H3,(H,26,29). The third-order valence-corrected chi connectivity index (χ3v) is 7.20. The first kappa shape index (κ1) is 23.5. The third kappa shape index (κ3) is 5.18. The lowest BCUT2D eigenvalue weighted by Gasteiger charge is -2.24. The van der Waals surface area contributed by atoms with Crippen LogP contribution in [0.2, 0.25) is 5.02 Å². The lowest BCUT2D eigenvalue weighted by Crippen LogP contribution is -2.38. The zero-order valence-electron chi connectivity index (χ0n) is 17.9. The fourth-order valence-corrected chi connectivity index (χ4v) is 4.67. The highest BCUT2D eigenvalue weighted by Gasteiger charge is 2.27. The SMILES string of the molecule is CC(=O)c1ccc(N(CC(=O)Nc2cccc(Cl)c2C)S(=O)(=O)c2ccc(C)cc2)cc1. The van der Waals surface area contributed by atoms with Gasteiger partial charge in [0.2, 0.25) is 5.91 Å². The van der Waals surface area contributed by atoms with Gasteiger partial charge in [0.25, 0.3) is 10.0 Å². The van der Waals surface area contributed by atoms with Gasteiger partial charge in [0, 0.05) is 16.3 Å². The van der Waals surface area contributed by atoms with E-state index in [2.05, 4.69) is 5.32 Å². The van der Waals surface area contributed by atoms with E-state index < -0.39 is 22.5 Å². The summed E-state index contributed by atoms with van der Waals surface area (Å²) in [6.45, 7) is 4.59. The summed E-state index contributed by atoms with van der Waals surface area (Å²) in [6, 6.07) is 17.6. The lowest BCUT2D eigenvalue weighted by molar-refractivity contribution is -0.114. The van der Waals surface area contributed by atoms with Gasteiger partial charge in [0.05, 0.1) is 10.6 Å². The average Bonchev–Trinajstić information content (AvgIpc) is 2.75. The lowest BCUT2D eigenvalue weighted by atomic mass is 10.1. The number of ketones is 1. The zero-order chi connectivity index (χ0) is 23.5. The molecule has 0 fully saturated rings. The number of hydrogen-bond donors (Lipinski definition) is 1. The minimum absolute atomic E-state index is 0.0606. The molecule has 0 spiro atoms. The zero-order valence-corrected chi connectivity index (χ0v) is 19.5. The number of carbonyl (C=O) groups excluding carboxylic acids is 2. The van der Waals surface area contributed by atoms with Crippen molar-refractivity contribution in [1.82, 2.24) is 0 Å².